The number of carbonyl (C=O) groups is 1. The molecule has 7 nitrogen and oxygen atoms in total. The fraction of sp³-hybridized carbons (Fsp3) is 0.438. The first-order valence-electron chi connectivity index (χ1n) is 7.49. The van der Waals surface area contributed by atoms with Gasteiger partial charge in [0.2, 0.25) is 10.0 Å². The van der Waals surface area contributed by atoms with Gasteiger partial charge in [-0.3, -0.25) is 4.79 Å². The van der Waals surface area contributed by atoms with E-state index in [0.29, 0.717) is 18.4 Å². The van der Waals surface area contributed by atoms with Crippen LogP contribution in [0.25, 0.3) is 0 Å². The van der Waals surface area contributed by atoms with Crippen molar-refractivity contribution < 1.29 is 17.9 Å². The largest absolute Gasteiger partial charge is 0.447 e. The van der Waals surface area contributed by atoms with Gasteiger partial charge < -0.3 is 4.74 Å². The number of hydrogen-bond acceptors (Lipinski definition) is 6. The molecule has 1 aromatic rings. The van der Waals surface area contributed by atoms with Crippen LogP contribution in [0.3, 0.4) is 0 Å². The number of carbonyl (C=O) groups excluding carboxylic acids is 1. The number of piperidine rings is 1. The number of hydrogen-bond donors (Lipinski definition) is 0. The zero-order valence-electron chi connectivity index (χ0n) is 13.2. The highest BCUT2D eigenvalue weighted by atomic mass is 32.2. The molecule has 1 fully saturated rings. The molecule has 1 aromatic carbocycles. The van der Waals surface area contributed by atoms with Gasteiger partial charge in [0.25, 0.3) is 0 Å². The summed E-state index contributed by atoms with van der Waals surface area (Å²) in [4.78, 5) is 12.0. The van der Waals surface area contributed by atoms with E-state index in [1.807, 2.05) is 12.1 Å². The smallest absolute Gasteiger partial charge is 0.310 e. The molecule has 0 amide bonds. The van der Waals surface area contributed by atoms with Crippen molar-refractivity contribution in [1.29, 1.82) is 10.5 Å². The average molecular weight is 347 g/mol. The van der Waals surface area contributed by atoms with E-state index >= 15 is 0 Å². The van der Waals surface area contributed by atoms with Gasteiger partial charge in [-0.15, -0.1) is 0 Å². The van der Waals surface area contributed by atoms with Gasteiger partial charge in [-0.25, -0.2) is 8.42 Å². The number of sulfonamides is 1. The van der Waals surface area contributed by atoms with E-state index in [1.165, 1.54) is 35.5 Å². The van der Waals surface area contributed by atoms with E-state index < -0.39 is 28.0 Å². The Kier molecular flexibility index (Phi) is 5.55. The van der Waals surface area contributed by atoms with E-state index in [-0.39, 0.29) is 18.0 Å². The van der Waals surface area contributed by atoms with Gasteiger partial charge in [0.15, 0.2) is 6.10 Å². The Labute approximate surface area is 141 Å². The summed E-state index contributed by atoms with van der Waals surface area (Å²) in [5.74, 6) is -0.854. The summed E-state index contributed by atoms with van der Waals surface area (Å²) in [6, 6.07) is 9.50. The Balaban J connectivity index is 2.01. The van der Waals surface area contributed by atoms with Crippen LogP contribution in [0.2, 0.25) is 0 Å². The van der Waals surface area contributed by atoms with Crippen molar-refractivity contribution in [3.8, 4) is 12.1 Å². The lowest BCUT2D eigenvalue weighted by Crippen LogP contribution is -2.40. The van der Waals surface area contributed by atoms with Crippen LogP contribution in [-0.4, -0.2) is 37.9 Å². The van der Waals surface area contributed by atoms with Crippen molar-refractivity contribution in [2.45, 2.75) is 30.8 Å². The summed E-state index contributed by atoms with van der Waals surface area (Å²) in [6.07, 6.45) is -0.100. The molecule has 0 aromatic heterocycles. The standard InChI is InChI=1S/C16H17N3O4S/c1-12(10-17)23-16(20)14-6-8-19(9-7-14)24(21,22)15-4-2-13(11-18)3-5-15/h2-5,12,14H,6-9H2,1H3/t12-/m0/s1. The third-order valence-electron chi connectivity index (χ3n) is 3.88. The van der Waals surface area contributed by atoms with Crippen LogP contribution in [-0.2, 0) is 19.6 Å². The molecule has 0 radical (unpaired) electrons. The zero-order chi connectivity index (χ0) is 17.7. The molecule has 1 aliphatic rings. The zero-order valence-corrected chi connectivity index (χ0v) is 14.0. The molecule has 126 valence electrons. The number of nitrogens with zero attached hydrogens (tertiary/aromatic N) is 3. The lowest BCUT2D eigenvalue weighted by Gasteiger charge is -2.30. The van der Waals surface area contributed by atoms with E-state index in [0.717, 1.165) is 0 Å². The number of rotatable bonds is 4. The first-order valence-corrected chi connectivity index (χ1v) is 8.93. The minimum atomic E-state index is -3.64. The van der Waals surface area contributed by atoms with Crippen molar-refractivity contribution >= 4 is 16.0 Å². The van der Waals surface area contributed by atoms with Crippen molar-refractivity contribution in [3.63, 3.8) is 0 Å². The number of ether oxygens (including phenoxy) is 1. The summed E-state index contributed by atoms with van der Waals surface area (Å²) < 4.78 is 31.4. The quantitative estimate of drug-likeness (QED) is 0.761. The minimum Gasteiger partial charge on any atom is -0.447 e. The van der Waals surface area contributed by atoms with Gasteiger partial charge in [-0.2, -0.15) is 14.8 Å². The van der Waals surface area contributed by atoms with E-state index in [2.05, 4.69) is 0 Å². The highest BCUT2D eigenvalue weighted by molar-refractivity contribution is 7.89. The van der Waals surface area contributed by atoms with E-state index in [4.69, 9.17) is 15.3 Å². The highest BCUT2D eigenvalue weighted by Gasteiger charge is 2.33. The van der Waals surface area contributed by atoms with Crippen molar-refractivity contribution in [1.82, 2.24) is 4.31 Å². The molecule has 8 heteroatoms. The Morgan fingerprint density at radius 2 is 1.83 bits per heavy atom. The third-order valence-corrected chi connectivity index (χ3v) is 5.80. The second kappa shape index (κ2) is 7.43. The Morgan fingerprint density at radius 1 is 1.25 bits per heavy atom. The topological polar surface area (TPSA) is 111 Å². The maximum Gasteiger partial charge on any atom is 0.310 e. The maximum absolute atomic E-state index is 12.6. The first kappa shape index (κ1) is 17.9. The van der Waals surface area contributed by atoms with Crippen LogP contribution < -0.4 is 0 Å². The molecule has 0 spiro atoms. The lowest BCUT2D eigenvalue weighted by molar-refractivity contribution is -0.152. The fourth-order valence-electron chi connectivity index (χ4n) is 2.48. The first-order chi connectivity index (χ1) is 11.4. The molecule has 0 saturated carbocycles. The van der Waals surface area contributed by atoms with Crippen LogP contribution in [0.5, 0.6) is 0 Å². The van der Waals surface area contributed by atoms with Crippen LogP contribution in [0.1, 0.15) is 25.3 Å². The van der Waals surface area contributed by atoms with Crippen molar-refractivity contribution in [3.05, 3.63) is 29.8 Å². The van der Waals surface area contributed by atoms with E-state index in [1.54, 1.807) is 0 Å². The molecule has 0 N–H and O–H groups in total. The molecular weight excluding hydrogens is 330 g/mol. The summed E-state index contributed by atoms with van der Waals surface area (Å²) in [6.45, 7) is 1.91. The highest BCUT2D eigenvalue weighted by Crippen LogP contribution is 2.25. The van der Waals surface area contributed by atoms with Crippen LogP contribution >= 0.6 is 0 Å². The molecule has 1 saturated heterocycles. The maximum atomic E-state index is 12.6. The number of benzene rings is 1. The second-order valence-corrected chi connectivity index (χ2v) is 7.46. The molecule has 2 rings (SSSR count). The van der Waals surface area contributed by atoms with Crippen LogP contribution in [0, 0.1) is 28.6 Å². The van der Waals surface area contributed by atoms with Gasteiger partial charge in [-0.1, -0.05) is 0 Å². The normalized spacial score (nSPS) is 17.5. The van der Waals surface area contributed by atoms with Crippen LogP contribution in [0.15, 0.2) is 29.2 Å². The Morgan fingerprint density at radius 3 is 2.33 bits per heavy atom. The summed E-state index contributed by atoms with van der Waals surface area (Å²) >= 11 is 0. The SMILES string of the molecule is C[C@@H](C#N)OC(=O)C1CCN(S(=O)(=O)c2ccc(C#N)cc2)CC1. The fourth-order valence-corrected chi connectivity index (χ4v) is 3.95. The molecule has 24 heavy (non-hydrogen) atoms. The summed E-state index contributed by atoms with van der Waals surface area (Å²) in [5, 5.41) is 17.4. The predicted octanol–water partition coefficient (Wildman–Crippen LogP) is 1.41. The lowest BCUT2D eigenvalue weighted by atomic mass is 9.98. The molecular formula is C16H17N3O4S. The summed E-state index contributed by atoms with van der Waals surface area (Å²) in [5.41, 5.74) is 0.391. The molecule has 0 bridgehead atoms. The number of nitriles is 2. The van der Waals surface area contributed by atoms with Gasteiger partial charge >= 0.3 is 5.97 Å². The number of esters is 1. The Hall–Kier alpha value is -2.42. The van der Waals surface area contributed by atoms with E-state index in [9.17, 15) is 13.2 Å². The van der Waals surface area contributed by atoms with Crippen molar-refractivity contribution in [2.24, 2.45) is 5.92 Å². The van der Waals surface area contributed by atoms with Gasteiger partial charge in [0.05, 0.1) is 22.4 Å². The minimum absolute atomic E-state index is 0.126. The molecule has 1 atom stereocenters. The van der Waals surface area contributed by atoms with Gasteiger partial charge in [0.1, 0.15) is 6.07 Å². The Bertz CT molecular complexity index is 782. The van der Waals surface area contributed by atoms with Crippen molar-refractivity contribution in [2.75, 3.05) is 13.1 Å². The predicted molar refractivity (Wildman–Crippen MR) is 83.8 cm³/mol. The third kappa shape index (κ3) is 3.91. The van der Waals surface area contributed by atoms with Gasteiger partial charge in [-0.05, 0) is 44.0 Å². The summed E-state index contributed by atoms with van der Waals surface area (Å²) in [7, 11) is -3.64. The molecule has 1 aliphatic heterocycles. The molecule has 0 aliphatic carbocycles. The van der Waals surface area contributed by atoms with Gasteiger partial charge in [0, 0.05) is 13.1 Å². The van der Waals surface area contributed by atoms with Crippen LogP contribution in [0.4, 0.5) is 0 Å². The molecule has 0 unspecified atom stereocenters. The average Bonchev–Trinajstić information content (AvgIpc) is 2.61. The molecule has 1 heterocycles. The monoisotopic (exact) mass is 347 g/mol. The second-order valence-electron chi connectivity index (χ2n) is 5.52.